The molecule has 72 valence electrons. The van der Waals surface area contributed by atoms with Crippen LogP contribution >= 0.6 is 27.5 Å². The van der Waals surface area contributed by atoms with Gasteiger partial charge >= 0.3 is 0 Å². The van der Waals surface area contributed by atoms with Crippen LogP contribution in [0.1, 0.15) is 17.7 Å². The van der Waals surface area contributed by atoms with E-state index in [0.29, 0.717) is 5.56 Å². The molecule has 0 atom stereocenters. The van der Waals surface area contributed by atoms with Crippen LogP contribution in [0.4, 0.5) is 8.78 Å². The van der Waals surface area contributed by atoms with Gasteiger partial charge in [-0.1, -0.05) is 11.6 Å². The summed E-state index contributed by atoms with van der Waals surface area (Å²) in [6, 6.07) is 1.21. The monoisotopic (exact) mass is 270 g/mol. The molecule has 0 radical (unpaired) electrons. The first-order chi connectivity index (χ1) is 6.06. The number of hydrogen-bond donors (Lipinski definition) is 1. The van der Waals surface area contributed by atoms with E-state index < -0.39 is 6.43 Å². The van der Waals surface area contributed by atoms with Gasteiger partial charge in [-0.15, -0.1) is 0 Å². The van der Waals surface area contributed by atoms with Crippen molar-refractivity contribution in [3.05, 3.63) is 26.9 Å². The summed E-state index contributed by atoms with van der Waals surface area (Å²) in [7, 11) is 0. The van der Waals surface area contributed by atoms with Crippen LogP contribution in [-0.2, 0) is 6.54 Å². The minimum atomic E-state index is -2.61. The Morgan fingerprint density at radius 2 is 2.23 bits per heavy atom. The molecule has 1 rings (SSSR count). The Morgan fingerprint density at radius 3 is 2.69 bits per heavy atom. The minimum absolute atomic E-state index is 0.111. The molecule has 0 unspecified atom stereocenters. The van der Waals surface area contributed by atoms with Gasteiger partial charge in [-0.05, 0) is 27.6 Å². The van der Waals surface area contributed by atoms with Gasteiger partial charge in [0.1, 0.15) is 10.3 Å². The molecule has 13 heavy (non-hydrogen) atoms. The predicted molar refractivity (Wildman–Crippen MR) is 49.8 cm³/mol. The van der Waals surface area contributed by atoms with E-state index in [1.807, 2.05) is 0 Å². The molecule has 2 nitrogen and oxygen atoms in total. The Hall–Kier alpha value is -0.260. The summed E-state index contributed by atoms with van der Waals surface area (Å²) in [5.74, 6) is 0. The molecule has 1 aromatic rings. The molecule has 0 saturated heterocycles. The summed E-state index contributed by atoms with van der Waals surface area (Å²) in [5.41, 5.74) is 5.45. The lowest BCUT2D eigenvalue weighted by Crippen LogP contribution is -2.01. The number of rotatable bonds is 2. The molecule has 6 heteroatoms. The van der Waals surface area contributed by atoms with E-state index in [4.69, 9.17) is 17.3 Å². The van der Waals surface area contributed by atoms with Crippen LogP contribution in [0.25, 0.3) is 0 Å². The van der Waals surface area contributed by atoms with Crippen molar-refractivity contribution in [2.45, 2.75) is 13.0 Å². The number of aromatic nitrogens is 1. The number of pyridine rings is 1. The average Bonchev–Trinajstić information content (AvgIpc) is 2.09. The molecule has 0 fully saturated rings. The molecule has 0 aliphatic heterocycles. The van der Waals surface area contributed by atoms with Crippen molar-refractivity contribution in [1.82, 2.24) is 4.98 Å². The molecule has 0 aromatic carbocycles. The maximum atomic E-state index is 12.2. The third kappa shape index (κ3) is 2.36. The second-order valence-electron chi connectivity index (χ2n) is 2.32. The Labute approximate surface area is 87.2 Å². The van der Waals surface area contributed by atoms with Gasteiger partial charge in [0.2, 0.25) is 0 Å². The molecule has 0 aliphatic rings. The van der Waals surface area contributed by atoms with Crippen LogP contribution in [-0.4, -0.2) is 4.98 Å². The number of hydrogen-bond acceptors (Lipinski definition) is 2. The third-order valence-corrected chi connectivity index (χ3v) is 2.68. The van der Waals surface area contributed by atoms with Crippen molar-refractivity contribution < 1.29 is 8.78 Å². The second kappa shape index (κ2) is 4.30. The van der Waals surface area contributed by atoms with Crippen molar-refractivity contribution >= 4 is 27.5 Å². The van der Waals surface area contributed by atoms with Crippen LogP contribution in [0.15, 0.2) is 10.7 Å². The first-order valence-corrected chi connectivity index (χ1v) is 4.56. The summed E-state index contributed by atoms with van der Waals surface area (Å²) < 4.78 is 24.7. The Morgan fingerprint density at radius 1 is 1.62 bits per heavy atom. The fourth-order valence-electron chi connectivity index (χ4n) is 0.829. The molecular formula is C7H6BrClF2N2. The molecule has 0 bridgehead atoms. The highest BCUT2D eigenvalue weighted by Gasteiger charge is 2.14. The Kier molecular flexibility index (Phi) is 3.58. The van der Waals surface area contributed by atoms with Gasteiger partial charge in [-0.25, -0.2) is 13.8 Å². The lowest BCUT2D eigenvalue weighted by molar-refractivity contribution is 0.146. The summed E-state index contributed by atoms with van der Waals surface area (Å²) in [6.45, 7) is 0.111. The quantitative estimate of drug-likeness (QED) is 0.840. The molecule has 0 saturated carbocycles. The van der Waals surface area contributed by atoms with E-state index in [2.05, 4.69) is 20.9 Å². The molecular weight excluding hydrogens is 265 g/mol. The summed E-state index contributed by atoms with van der Waals surface area (Å²) in [5, 5.41) is 0.284. The highest BCUT2D eigenvalue weighted by molar-refractivity contribution is 9.10. The zero-order valence-corrected chi connectivity index (χ0v) is 8.74. The van der Waals surface area contributed by atoms with Gasteiger partial charge in [0.15, 0.2) is 0 Å². The van der Waals surface area contributed by atoms with Crippen molar-refractivity contribution in [3.63, 3.8) is 0 Å². The van der Waals surface area contributed by atoms with E-state index in [1.54, 1.807) is 0 Å². The van der Waals surface area contributed by atoms with E-state index in [1.165, 1.54) is 6.07 Å². The van der Waals surface area contributed by atoms with E-state index in [0.717, 1.165) is 0 Å². The lowest BCUT2D eigenvalue weighted by Gasteiger charge is -2.06. The molecule has 1 heterocycles. The van der Waals surface area contributed by atoms with E-state index in [9.17, 15) is 8.78 Å². The maximum Gasteiger partial charge on any atom is 0.280 e. The Bertz CT molecular complexity index is 320. The summed E-state index contributed by atoms with van der Waals surface area (Å²) >= 11 is 8.71. The summed E-state index contributed by atoms with van der Waals surface area (Å²) in [4.78, 5) is 3.56. The van der Waals surface area contributed by atoms with Gasteiger partial charge < -0.3 is 5.73 Å². The van der Waals surface area contributed by atoms with Crippen molar-refractivity contribution in [2.75, 3.05) is 0 Å². The fourth-order valence-corrected chi connectivity index (χ4v) is 1.46. The maximum absolute atomic E-state index is 12.2. The van der Waals surface area contributed by atoms with Crippen LogP contribution in [0.3, 0.4) is 0 Å². The molecule has 2 N–H and O–H groups in total. The van der Waals surface area contributed by atoms with Gasteiger partial charge in [-0.3, -0.25) is 0 Å². The summed E-state index contributed by atoms with van der Waals surface area (Å²) in [6.07, 6.45) is -2.61. The van der Waals surface area contributed by atoms with Gasteiger partial charge in [0.05, 0.1) is 5.02 Å². The van der Waals surface area contributed by atoms with Crippen LogP contribution < -0.4 is 5.73 Å². The average molecular weight is 271 g/mol. The molecule has 0 spiro atoms. The van der Waals surface area contributed by atoms with E-state index in [-0.39, 0.29) is 21.9 Å². The van der Waals surface area contributed by atoms with Crippen LogP contribution in [0.2, 0.25) is 5.02 Å². The van der Waals surface area contributed by atoms with Crippen LogP contribution in [0.5, 0.6) is 0 Å². The minimum Gasteiger partial charge on any atom is -0.326 e. The molecule has 0 aliphatic carbocycles. The van der Waals surface area contributed by atoms with Crippen LogP contribution in [0, 0.1) is 0 Å². The first kappa shape index (κ1) is 10.8. The highest BCUT2D eigenvalue weighted by Crippen LogP contribution is 2.28. The van der Waals surface area contributed by atoms with Gasteiger partial charge in [-0.2, -0.15) is 0 Å². The van der Waals surface area contributed by atoms with Gasteiger partial charge in [0, 0.05) is 6.54 Å². The largest absolute Gasteiger partial charge is 0.326 e. The SMILES string of the molecule is NCc1cc(C(F)F)nc(Br)c1Cl. The zero-order valence-electron chi connectivity index (χ0n) is 6.40. The molecule has 1 aromatic heterocycles. The Balaban J connectivity index is 3.22. The fraction of sp³-hybridized carbons (Fsp3) is 0.286. The lowest BCUT2D eigenvalue weighted by atomic mass is 10.2. The number of nitrogens with two attached hydrogens (primary N) is 1. The smallest absolute Gasteiger partial charge is 0.280 e. The predicted octanol–water partition coefficient (Wildman–Crippen LogP) is 2.89. The number of nitrogens with zero attached hydrogens (tertiary/aromatic N) is 1. The normalized spacial score (nSPS) is 10.9. The second-order valence-corrected chi connectivity index (χ2v) is 3.44. The topological polar surface area (TPSA) is 38.9 Å². The zero-order chi connectivity index (χ0) is 10.0. The molecule has 0 amide bonds. The third-order valence-electron chi connectivity index (χ3n) is 1.46. The number of halogens is 4. The van der Waals surface area contributed by atoms with E-state index >= 15 is 0 Å². The first-order valence-electron chi connectivity index (χ1n) is 3.39. The standard InChI is InChI=1S/C7H6BrClF2N2/c8-6-5(9)3(2-12)1-4(13-6)7(10)11/h1,7H,2,12H2. The van der Waals surface area contributed by atoms with Crippen molar-refractivity contribution in [3.8, 4) is 0 Å². The number of alkyl halides is 2. The highest BCUT2D eigenvalue weighted by atomic mass is 79.9. The van der Waals surface area contributed by atoms with Gasteiger partial charge in [0.25, 0.3) is 6.43 Å². The van der Waals surface area contributed by atoms with Crippen molar-refractivity contribution in [2.24, 2.45) is 5.73 Å². The van der Waals surface area contributed by atoms with Crippen molar-refractivity contribution in [1.29, 1.82) is 0 Å².